The molecule has 5 aromatic rings. The van der Waals surface area contributed by atoms with Gasteiger partial charge in [0, 0.05) is 115 Å². The van der Waals surface area contributed by atoms with E-state index in [9.17, 15) is 9.59 Å². The van der Waals surface area contributed by atoms with Gasteiger partial charge in [-0.15, -0.1) is 0 Å². The van der Waals surface area contributed by atoms with Crippen LogP contribution in [0.3, 0.4) is 0 Å². The van der Waals surface area contributed by atoms with E-state index in [4.69, 9.17) is 140 Å². The Bertz CT molecular complexity index is 4280. The van der Waals surface area contributed by atoms with Gasteiger partial charge < -0.3 is 109 Å². The van der Waals surface area contributed by atoms with Crippen LogP contribution in [-0.4, -0.2) is 236 Å². The first-order valence-electron chi connectivity index (χ1n) is 47.7. The Kier molecular flexibility index (Phi) is 58.1. The number of rotatable bonds is 62. The standard InChI is InChI=1S/C31H43N2O4PS.C23H45N4O6PS2.C23H40NO6PS.C21H38NO6PS/c1-25(2)33-38(39,37-30(3,4)5)36-24-23-35-22-21-32-31(26-13-9-7-10-14-26,27-15-11-8-12-16-27)28-17-19-29(34-6)20-18-28;1-6-31-15-13-25-34(35,33-23(2,3)4)32-14-11-17(30-5)10-12-24-20(28)9-7-8-19-21-18(16-36-19)26-22(29)27-21;1-18(14-16-25-5)24-31(32,30-23(2,3)4)28-15-8-7-9-21-17-27-22(29-21)19-10-12-20(26-6)13-11-19;1-8-25-16-17(2)15-22-29(30,28-21(3,4)5)27-14-13-26-19-11-9-18(10-12-19)20(23-6)24-7/h7-20,25,32H,21-24H2,1-6H3,(H,33,39);17-19,21H,6-16H2,1-5H3,(H,24,28)(H,25,35)(H2,26,27,29);10-13,18,21-22H,7-9,14-17H2,1-6H3,(H,24,32);9-12,17,20H,8,13-16H2,1-7H3,(H,22,30). The third-order valence-electron chi connectivity index (χ3n) is 20.4. The van der Waals surface area contributed by atoms with Gasteiger partial charge in [-0.05, 0) is 275 Å². The molecule has 3 amide bonds. The number of carbonyl (C=O) groups excluding carboxylic acids is 2. The minimum atomic E-state index is -2.67. The molecule has 0 aromatic heterocycles. The van der Waals surface area contributed by atoms with E-state index in [2.05, 4.69) is 116 Å². The van der Waals surface area contributed by atoms with Crippen molar-refractivity contribution in [1.82, 2.24) is 41.6 Å². The number of hydrogen-bond donors (Lipinski definition) is 8. The molecule has 0 spiro atoms. The zero-order valence-corrected chi connectivity index (χ0v) is 93.5. The van der Waals surface area contributed by atoms with Crippen molar-refractivity contribution in [3.8, 4) is 17.2 Å². The topological polar surface area (TPSA) is 315 Å². The van der Waals surface area contributed by atoms with Gasteiger partial charge in [0.2, 0.25) is 5.91 Å². The molecule has 3 heterocycles. The van der Waals surface area contributed by atoms with Gasteiger partial charge in [-0.3, -0.25) is 10.1 Å². The quantitative estimate of drug-likeness (QED) is 0.00589. The lowest BCUT2D eigenvalue weighted by molar-refractivity contribution is -0.121. The number of fused-ring (bicyclic) bond motifs is 1. The lowest BCUT2D eigenvalue weighted by atomic mass is 9.77. The average molecular weight is 2090 g/mol. The van der Waals surface area contributed by atoms with Crippen LogP contribution < -0.4 is 55.8 Å². The lowest BCUT2D eigenvalue weighted by Crippen LogP contribution is -2.46. The van der Waals surface area contributed by atoms with Gasteiger partial charge in [0.1, 0.15) is 23.9 Å². The van der Waals surface area contributed by atoms with Crippen LogP contribution in [0.2, 0.25) is 0 Å². The maximum absolute atomic E-state index is 12.3. The van der Waals surface area contributed by atoms with Crippen LogP contribution in [-0.2, 0) is 136 Å². The molecule has 3 saturated heterocycles. The molecular weight excluding hydrogens is 1930 g/mol. The van der Waals surface area contributed by atoms with E-state index in [0.717, 1.165) is 89.3 Å². The minimum absolute atomic E-state index is 0.0433. The van der Waals surface area contributed by atoms with E-state index in [0.29, 0.717) is 142 Å². The summed E-state index contributed by atoms with van der Waals surface area (Å²) in [5.41, 5.74) is 3.13. The van der Waals surface area contributed by atoms with Crippen LogP contribution in [0.15, 0.2) is 133 Å². The monoisotopic (exact) mass is 2090 g/mol. The number of unbranched alkanes of at least 4 members (excludes halogenated alkanes) is 1. The predicted molar refractivity (Wildman–Crippen MR) is 566 cm³/mol. The van der Waals surface area contributed by atoms with E-state index in [1.54, 1.807) is 42.7 Å². The van der Waals surface area contributed by atoms with E-state index >= 15 is 0 Å². The smallest absolute Gasteiger partial charge is 0.315 e. The Hall–Kier alpha value is -3.69. The van der Waals surface area contributed by atoms with E-state index in [-0.39, 0.29) is 60.2 Å². The molecule has 0 radical (unpaired) electrons. The Labute approximate surface area is 845 Å². The molecule has 12 atom stereocenters. The summed E-state index contributed by atoms with van der Waals surface area (Å²) >= 11 is 24.8. The molecule has 137 heavy (non-hydrogen) atoms. The van der Waals surface area contributed by atoms with Crippen molar-refractivity contribution in [2.24, 2.45) is 5.92 Å². The van der Waals surface area contributed by atoms with Gasteiger partial charge in [-0.1, -0.05) is 104 Å². The third-order valence-corrected chi connectivity index (χ3v) is 33.4. The fraction of sp³-hybridized carbons (Fsp3) is 0.673. The Balaban J connectivity index is 0.000000324. The number of carbonyl (C=O) groups is 2. The van der Waals surface area contributed by atoms with Gasteiger partial charge in [0.05, 0.1) is 126 Å². The SMILES string of the molecule is CCOCC(C)CNP(=S)(OCCOc1ccc(C(OC)OC)cc1)OC(C)(C)C.CCOCCNP(=S)(OCCC(CCNC(=O)CCCC1SCC2NC(=O)NC21)OC)OC(C)(C)C.COCCC(C)NP(=S)(OCCCCC1COC(c2ccc(OC)cc2)O1)OC(C)(C)C.COc1ccc(C(NCCOCCOP(=S)(NC(C)C)OC(C)(C)C)(c2ccccc2)c2ccccc2)cc1. The number of nitrogens with one attached hydrogen (secondary N) is 8. The summed E-state index contributed by atoms with van der Waals surface area (Å²) in [6, 6.07) is 45.2. The van der Waals surface area contributed by atoms with Crippen LogP contribution in [0.5, 0.6) is 17.2 Å². The van der Waals surface area contributed by atoms with Gasteiger partial charge in [0.25, 0.3) is 26.6 Å². The zero-order valence-electron chi connectivity index (χ0n) is 85.9. The summed E-state index contributed by atoms with van der Waals surface area (Å²) in [4.78, 5) is 23.8. The molecule has 12 unspecified atom stereocenters. The van der Waals surface area contributed by atoms with Crippen LogP contribution in [0.1, 0.15) is 223 Å². The number of urea groups is 1. The zero-order chi connectivity index (χ0) is 101. The minimum Gasteiger partial charge on any atom is -0.497 e. The molecule has 0 bridgehead atoms. The second-order valence-electron chi connectivity index (χ2n) is 37.4. The van der Waals surface area contributed by atoms with Crippen LogP contribution in [0.25, 0.3) is 0 Å². The van der Waals surface area contributed by atoms with Crippen molar-refractivity contribution in [2.45, 2.75) is 265 Å². The highest BCUT2D eigenvalue weighted by Crippen LogP contribution is 2.52. The van der Waals surface area contributed by atoms with Crippen LogP contribution in [0.4, 0.5) is 4.79 Å². The van der Waals surface area contributed by atoms with E-state index in [1.807, 2.05) is 195 Å². The molecule has 30 nitrogen and oxygen atoms in total. The number of ether oxygens (including phenoxy) is 12. The summed E-state index contributed by atoms with van der Waals surface area (Å²) < 4.78 is 115. The van der Waals surface area contributed by atoms with Crippen molar-refractivity contribution in [3.63, 3.8) is 0 Å². The van der Waals surface area contributed by atoms with Crippen LogP contribution in [0, 0.1) is 5.92 Å². The molecule has 39 heteroatoms. The lowest BCUT2D eigenvalue weighted by Gasteiger charge is -2.37. The first-order valence-corrected chi connectivity index (χ1v) is 59.3. The molecular formula is C98H166N8O22P4S5. The normalized spacial score (nSPS) is 18.7. The molecule has 3 aliphatic rings. The maximum atomic E-state index is 12.3. The van der Waals surface area contributed by atoms with E-state index in [1.165, 1.54) is 0 Å². The summed E-state index contributed by atoms with van der Waals surface area (Å²) in [6.07, 6.45) is 6.47. The molecule has 3 fully saturated rings. The molecule has 8 rings (SSSR count). The van der Waals surface area contributed by atoms with Crippen LogP contribution >= 0.6 is 38.3 Å². The molecule has 0 saturated carbocycles. The third kappa shape index (κ3) is 50.3. The Morgan fingerprint density at radius 3 is 1.61 bits per heavy atom. The molecule has 5 aromatic carbocycles. The largest absolute Gasteiger partial charge is 0.497 e. The summed E-state index contributed by atoms with van der Waals surface area (Å²) in [7, 11) is 9.91. The number of methoxy groups -OCH3 is 6. The Morgan fingerprint density at radius 2 is 1.05 bits per heavy atom. The molecule has 3 aliphatic heterocycles. The molecule has 8 N–H and O–H groups in total. The van der Waals surface area contributed by atoms with Gasteiger partial charge in [-0.2, -0.15) is 11.8 Å². The second-order valence-corrected chi connectivity index (χ2v) is 51.4. The highest BCUT2D eigenvalue weighted by atomic mass is 32.5. The number of benzene rings is 5. The van der Waals surface area contributed by atoms with Gasteiger partial charge in [-0.25, -0.2) is 25.1 Å². The maximum Gasteiger partial charge on any atom is 0.315 e. The fourth-order valence-electron chi connectivity index (χ4n) is 14.3. The molecule has 0 aliphatic carbocycles. The van der Waals surface area contributed by atoms with Crippen molar-refractivity contribution in [2.75, 3.05) is 160 Å². The van der Waals surface area contributed by atoms with Crippen molar-refractivity contribution in [1.29, 1.82) is 0 Å². The summed E-state index contributed by atoms with van der Waals surface area (Å²) in [5, 5.41) is 26.4. The van der Waals surface area contributed by atoms with Gasteiger partial charge in [0.15, 0.2) is 12.6 Å². The number of hydrogen-bond acceptors (Lipinski definition) is 28. The Morgan fingerprint density at radius 1 is 0.518 bits per heavy atom. The highest BCUT2D eigenvalue weighted by molar-refractivity contribution is 8.10. The number of amides is 3. The van der Waals surface area contributed by atoms with Crippen molar-refractivity contribution >= 4 is 97.5 Å². The summed E-state index contributed by atoms with van der Waals surface area (Å²) in [6.45, 7) is 34.4. The first kappa shape index (κ1) is 124. The van der Waals surface area contributed by atoms with Gasteiger partial charge >= 0.3 is 6.03 Å². The fourth-order valence-corrected chi connectivity index (χ4v) is 28.3. The highest BCUT2D eigenvalue weighted by Gasteiger charge is 2.43. The van der Waals surface area contributed by atoms with E-state index < -0.39 is 55.2 Å². The van der Waals surface area contributed by atoms with Crippen molar-refractivity contribution in [3.05, 3.63) is 161 Å². The summed E-state index contributed by atoms with van der Waals surface area (Å²) in [5.74, 6) is 3.65. The number of thioether (sulfide) groups is 1. The second kappa shape index (κ2) is 64.3. The van der Waals surface area contributed by atoms with Crippen molar-refractivity contribution < 1.29 is 103 Å². The predicted octanol–water partition coefficient (Wildman–Crippen LogP) is 19.6. The molecule has 780 valence electrons. The first-order chi connectivity index (χ1) is 64.9. The average Bonchev–Trinajstić information content (AvgIpc) is 1.65.